The summed E-state index contributed by atoms with van der Waals surface area (Å²) in [5.74, 6) is -0.291. The van der Waals surface area contributed by atoms with E-state index in [9.17, 15) is 4.39 Å². The number of H-pyrrole nitrogens is 1. The van der Waals surface area contributed by atoms with Gasteiger partial charge in [0.1, 0.15) is 5.82 Å². The summed E-state index contributed by atoms with van der Waals surface area (Å²) in [5.41, 5.74) is 4.00. The molecule has 1 aromatic carbocycles. The smallest absolute Gasteiger partial charge is 0.139 e. The highest BCUT2D eigenvalue weighted by Gasteiger charge is 2.47. The number of hydrogen-bond donors (Lipinski definition) is 2. The molecule has 1 spiro atoms. The summed E-state index contributed by atoms with van der Waals surface area (Å²) in [5, 5.41) is 6.13. The van der Waals surface area contributed by atoms with Crippen LogP contribution in [0.2, 0.25) is 0 Å². The second-order valence-electron chi connectivity index (χ2n) is 6.12. The summed E-state index contributed by atoms with van der Waals surface area (Å²) in [6.07, 6.45) is 4.95. The Labute approximate surface area is 131 Å². The summed E-state index contributed by atoms with van der Waals surface area (Å²) in [6, 6.07) is 5.08. The Morgan fingerprint density at radius 1 is 1.41 bits per heavy atom. The molecule has 116 valence electrons. The highest BCUT2D eigenvalue weighted by molar-refractivity contribution is 7.85. The Bertz CT molecular complexity index is 780. The van der Waals surface area contributed by atoms with Gasteiger partial charge >= 0.3 is 0 Å². The number of hydrogen-bond acceptors (Lipinski definition) is 2. The monoisotopic (exact) mass is 319 g/mol. The minimum atomic E-state index is -0.996. The Hall–Kier alpha value is -1.50. The van der Waals surface area contributed by atoms with Crippen molar-refractivity contribution in [2.45, 2.75) is 43.3 Å². The third-order valence-electron chi connectivity index (χ3n) is 4.40. The first-order chi connectivity index (χ1) is 10.6. The molecule has 22 heavy (non-hydrogen) atoms. The van der Waals surface area contributed by atoms with Crippen LogP contribution in [0, 0.1) is 12.7 Å². The predicted molar refractivity (Wildman–Crippen MR) is 84.3 cm³/mol. The molecule has 0 amide bonds. The van der Waals surface area contributed by atoms with Crippen molar-refractivity contribution in [3.05, 3.63) is 47.0 Å². The lowest BCUT2D eigenvalue weighted by Gasteiger charge is -2.22. The SMILES string of the molecule is Cc1ccc(S(N)=Nc2c[nH]c3c2CC2(CC2)OC3)c(F)c1. The zero-order chi connectivity index (χ0) is 15.3. The number of ether oxygens (including phenoxy) is 1. The van der Waals surface area contributed by atoms with Crippen LogP contribution < -0.4 is 5.14 Å². The van der Waals surface area contributed by atoms with Gasteiger partial charge in [-0.2, -0.15) is 0 Å². The second kappa shape index (κ2) is 5.01. The molecule has 4 nitrogen and oxygen atoms in total. The molecule has 1 unspecified atom stereocenters. The van der Waals surface area contributed by atoms with E-state index in [-0.39, 0.29) is 11.4 Å². The number of fused-ring (bicyclic) bond motifs is 1. The molecular weight excluding hydrogens is 301 g/mol. The van der Waals surface area contributed by atoms with Crippen molar-refractivity contribution in [2.24, 2.45) is 9.50 Å². The summed E-state index contributed by atoms with van der Waals surface area (Å²) in [7, 11) is -0.996. The molecule has 0 radical (unpaired) electrons. The summed E-state index contributed by atoms with van der Waals surface area (Å²) < 4.78 is 24.5. The molecule has 2 aromatic rings. The van der Waals surface area contributed by atoms with Crippen molar-refractivity contribution >= 4 is 16.6 Å². The van der Waals surface area contributed by atoms with E-state index in [1.165, 1.54) is 11.6 Å². The van der Waals surface area contributed by atoms with E-state index in [2.05, 4.69) is 9.35 Å². The zero-order valence-corrected chi connectivity index (χ0v) is 13.2. The lowest BCUT2D eigenvalue weighted by molar-refractivity contribution is 0.00671. The van der Waals surface area contributed by atoms with E-state index in [1.54, 1.807) is 6.07 Å². The van der Waals surface area contributed by atoms with Crippen LogP contribution in [0.25, 0.3) is 0 Å². The Kier molecular flexibility index (Phi) is 3.21. The molecule has 1 aliphatic heterocycles. The average Bonchev–Trinajstić information content (AvgIpc) is 3.12. The Balaban J connectivity index is 1.69. The van der Waals surface area contributed by atoms with Gasteiger partial charge in [0.25, 0.3) is 0 Å². The molecule has 1 saturated carbocycles. The maximum absolute atomic E-state index is 14.0. The van der Waals surface area contributed by atoms with Crippen LogP contribution in [0.4, 0.5) is 10.1 Å². The van der Waals surface area contributed by atoms with Gasteiger partial charge in [0.2, 0.25) is 0 Å². The maximum Gasteiger partial charge on any atom is 0.139 e. The number of aromatic nitrogens is 1. The standard InChI is InChI=1S/C16H18FN3OS/c1-10-2-3-15(12(17)6-10)22(18)20-13-8-19-14-9-21-16(4-5-16)7-11(13)14/h2-3,6,8,19H,4-5,7,9H2,1H3,(H2,18,20). The fourth-order valence-electron chi connectivity index (χ4n) is 2.88. The first-order valence-corrected chi connectivity index (χ1v) is 8.61. The summed E-state index contributed by atoms with van der Waals surface area (Å²) in [6.45, 7) is 2.46. The third-order valence-corrected chi connectivity index (χ3v) is 5.57. The van der Waals surface area contributed by atoms with Crippen molar-refractivity contribution < 1.29 is 9.13 Å². The van der Waals surface area contributed by atoms with E-state index in [0.29, 0.717) is 11.5 Å². The summed E-state index contributed by atoms with van der Waals surface area (Å²) >= 11 is 0. The quantitative estimate of drug-likeness (QED) is 0.890. The number of nitrogens with one attached hydrogen (secondary N) is 1. The Morgan fingerprint density at radius 2 is 2.23 bits per heavy atom. The van der Waals surface area contributed by atoms with Crippen molar-refractivity contribution in [1.82, 2.24) is 4.98 Å². The molecule has 0 saturated heterocycles. The number of rotatable bonds is 2. The average molecular weight is 319 g/mol. The molecule has 6 heteroatoms. The molecule has 2 aliphatic rings. The first-order valence-electron chi connectivity index (χ1n) is 7.36. The third kappa shape index (κ3) is 2.41. The second-order valence-corrected chi connectivity index (χ2v) is 7.37. The highest BCUT2D eigenvalue weighted by atomic mass is 32.2. The highest BCUT2D eigenvalue weighted by Crippen LogP contribution is 2.48. The van der Waals surface area contributed by atoms with Gasteiger partial charge in [-0.15, -0.1) is 0 Å². The van der Waals surface area contributed by atoms with Crippen LogP contribution in [-0.4, -0.2) is 10.6 Å². The summed E-state index contributed by atoms with van der Waals surface area (Å²) in [4.78, 5) is 3.66. The van der Waals surface area contributed by atoms with Gasteiger partial charge in [-0.3, -0.25) is 5.14 Å². The van der Waals surface area contributed by atoms with Crippen LogP contribution in [0.1, 0.15) is 29.7 Å². The maximum atomic E-state index is 14.0. The molecule has 3 N–H and O–H groups in total. The molecule has 1 fully saturated rings. The van der Waals surface area contributed by atoms with E-state index in [4.69, 9.17) is 9.88 Å². The normalized spacial score (nSPS) is 20.1. The van der Waals surface area contributed by atoms with Crippen LogP contribution in [0.3, 0.4) is 0 Å². The van der Waals surface area contributed by atoms with Gasteiger partial charge in [0.05, 0.1) is 22.8 Å². The number of halogens is 1. The molecule has 1 aromatic heterocycles. The van der Waals surface area contributed by atoms with E-state index in [1.807, 2.05) is 19.2 Å². The van der Waals surface area contributed by atoms with Crippen molar-refractivity contribution in [3.8, 4) is 0 Å². The van der Waals surface area contributed by atoms with E-state index < -0.39 is 10.9 Å². The number of nitrogens with zero attached hydrogens (tertiary/aromatic N) is 1. The lowest BCUT2D eigenvalue weighted by atomic mass is 10.0. The van der Waals surface area contributed by atoms with Crippen molar-refractivity contribution in [1.29, 1.82) is 0 Å². The zero-order valence-electron chi connectivity index (χ0n) is 12.4. The van der Waals surface area contributed by atoms with Crippen LogP contribution >= 0.6 is 0 Å². The van der Waals surface area contributed by atoms with Crippen molar-refractivity contribution in [3.63, 3.8) is 0 Å². The first kappa shape index (κ1) is 14.1. The molecule has 2 heterocycles. The van der Waals surface area contributed by atoms with Gasteiger partial charge in [0, 0.05) is 34.8 Å². The van der Waals surface area contributed by atoms with Gasteiger partial charge in [-0.1, -0.05) is 6.07 Å². The van der Waals surface area contributed by atoms with Crippen LogP contribution in [-0.2, 0) is 28.6 Å². The largest absolute Gasteiger partial charge is 0.368 e. The van der Waals surface area contributed by atoms with Crippen LogP contribution in [0.5, 0.6) is 0 Å². The number of aryl methyl sites for hydroxylation is 1. The van der Waals surface area contributed by atoms with Gasteiger partial charge in [-0.05, 0) is 37.5 Å². The lowest BCUT2D eigenvalue weighted by Crippen LogP contribution is -2.23. The molecular formula is C16H18FN3OS. The van der Waals surface area contributed by atoms with Crippen molar-refractivity contribution in [2.75, 3.05) is 0 Å². The van der Waals surface area contributed by atoms with Gasteiger partial charge in [0.15, 0.2) is 0 Å². The molecule has 1 aliphatic carbocycles. The van der Waals surface area contributed by atoms with Crippen LogP contribution in [0.15, 0.2) is 33.7 Å². The van der Waals surface area contributed by atoms with E-state index >= 15 is 0 Å². The molecule has 1 atom stereocenters. The molecule has 4 rings (SSSR count). The van der Waals surface area contributed by atoms with Gasteiger partial charge < -0.3 is 9.72 Å². The minimum Gasteiger partial charge on any atom is -0.368 e. The number of nitrogens with two attached hydrogens (primary N) is 1. The van der Waals surface area contributed by atoms with E-state index in [0.717, 1.165) is 36.2 Å². The molecule has 0 bridgehead atoms. The number of aromatic amines is 1. The fourth-order valence-corrected chi connectivity index (χ4v) is 3.82. The fraction of sp³-hybridized carbons (Fsp3) is 0.375. The minimum absolute atomic E-state index is 0.0295. The van der Waals surface area contributed by atoms with Gasteiger partial charge in [-0.25, -0.2) is 8.75 Å². The number of benzene rings is 1. The predicted octanol–water partition coefficient (Wildman–Crippen LogP) is 3.43. The Morgan fingerprint density at radius 3 is 2.95 bits per heavy atom. The topological polar surface area (TPSA) is 63.4 Å².